The van der Waals surface area contributed by atoms with Crippen LogP contribution in [-0.2, 0) is 29.4 Å². The number of para-hydroxylation sites is 2. The topological polar surface area (TPSA) is 85.7 Å². The number of methoxy groups -OCH3 is 1. The first-order valence-electron chi connectivity index (χ1n) is 10.9. The third-order valence-corrected chi connectivity index (χ3v) is 5.86. The molecule has 1 amide bonds. The maximum absolute atomic E-state index is 12.9. The summed E-state index contributed by atoms with van der Waals surface area (Å²) in [6, 6.07) is 16.9. The van der Waals surface area contributed by atoms with Crippen LogP contribution in [0.25, 0.3) is 0 Å². The largest absolute Gasteiger partial charge is 0.489 e. The maximum atomic E-state index is 12.9. The molecule has 33 heavy (non-hydrogen) atoms. The van der Waals surface area contributed by atoms with Gasteiger partial charge in [-0.2, -0.15) is 0 Å². The normalized spacial score (nSPS) is 15.5. The molecule has 0 fully saturated rings. The Balaban J connectivity index is 1.47. The van der Waals surface area contributed by atoms with E-state index < -0.39 is 12.0 Å². The highest BCUT2D eigenvalue weighted by Gasteiger charge is 2.29. The lowest BCUT2D eigenvalue weighted by atomic mass is 10.1. The van der Waals surface area contributed by atoms with Gasteiger partial charge in [-0.25, -0.2) is 9.78 Å². The summed E-state index contributed by atoms with van der Waals surface area (Å²) in [4.78, 5) is 31.7. The van der Waals surface area contributed by atoms with E-state index in [1.807, 2.05) is 61.6 Å². The van der Waals surface area contributed by atoms with Crippen molar-refractivity contribution in [2.24, 2.45) is 7.05 Å². The number of imidazole rings is 1. The van der Waals surface area contributed by atoms with Crippen LogP contribution in [-0.4, -0.2) is 54.8 Å². The van der Waals surface area contributed by atoms with E-state index >= 15 is 0 Å². The van der Waals surface area contributed by atoms with Crippen LogP contribution < -0.4 is 15.0 Å². The van der Waals surface area contributed by atoms with E-state index in [-0.39, 0.29) is 12.5 Å². The van der Waals surface area contributed by atoms with E-state index in [0.717, 1.165) is 17.1 Å². The molecule has 2 aromatic carbocycles. The van der Waals surface area contributed by atoms with Crippen LogP contribution in [0.15, 0.2) is 54.6 Å². The number of likely N-dealkylation sites (N-methyl/N-ethyl adjacent to an activating group) is 1. The van der Waals surface area contributed by atoms with Crippen molar-refractivity contribution in [2.75, 3.05) is 32.2 Å². The van der Waals surface area contributed by atoms with Crippen molar-refractivity contribution in [3.05, 3.63) is 77.4 Å². The first kappa shape index (κ1) is 22.5. The molecular weight excluding hydrogens is 420 g/mol. The molecule has 1 aliphatic rings. The molecule has 0 bridgehead atoms. The fourth-order valence-electron chi connectivity index (χ4n) is 4.03. The number of aromatic nitrogens is 2. The van der Waals surface area contributed by atoms with Gasteiger partial charge in [0.1, 0.15) is 24.2 Å². The van der Waals surface area contributed by atoms with Crippen molar-refractivity contribution >= 4 is 17.6 Å². The van der Waals surface area contributed by atoms with Crippen molar-refractivity contribution in [1.82, 2.24) is 14.9 Å². The second-order valence-electron chi connectivity index (χ2n) is 7.97. The van der Waals surface area contributed by atoms with Crippen LogP contribution in [0.2, 0.25) is 0 Å². The van der Waals surface area contributed by atoms with E-state index in [2.05, 4.69) is 5.32 Å². The van der Waals surface area contributed by atoms with Crippen LogP contribution in [0.1, 0.15) is 27.6 Å². The van der Waals surface area contributed by atoms with Crippen LogP contribution >= 0.6 is 0 Å². The van der Waals surface area contributed by atoms with Crippen molar-refractivity contribution < 1.29 is 19.1 Å². The molecule has 1 atom stereocenters. The minimum absolute atomic E-state index is 0.0704. The second-order valence-corrected chi connectivity index (χ2v) is 7.97. The van der Waals surface area contributed by atoms with Gasteiger partial charge >= 0.3 is 5.97 Å². The summed E-state index contributed by atoms with van der Waals surface area (Å²) >= 11 is 0. The Bertz CT molecular complexity index is 1140. The lowest BCUT2D eigenvalue weighted by molar-refractivity contribution is -0.120. The average Bonchev–Trinajstić information content (AvgIpc) is 3.08. The molecule has 0 aliphatic carbocycles. The summed E-state index contributed by atoms with van der Waals surface area (Å²) in [5.74, 6) is 0.962. The molecule has 1 aromatic heterocycles. The lowest BCUT2D eigenvalue weighted by Crippen LogP contribution is -2.47. The molecule has 3 aromatic rings. The third kappa shape index (κ3) is 4.75. The quantitative estimate of drug-likeness (QED) is 0.559. The van der Waals surface area contributed by atoms with Crippen LogP contribution in [0, 0.1) is 0 Å². The number of hydrogen-bond acceptors (Lipinski definition) is 6. The number of esters is 1. The van der Waals surface area contributed by atoms with Crippen molar-refractivity contribution in [3.63, 3.8) is 0 Å². The number of nitrogens with one attached hydrogen (secondary N) is 1. The maximum Gasteiger partial charge on any atom is 0.356 e. The van der Waals surface area contributed by atoms with Gasteiger partial charge in [0.05, 0.1) is 18.5 Å². The van der Waals surface area contributed by atoms with E-state index in [1.54, 1.807) is 16.5 Å². The molecule has 1 unspecified atom stereocenters. The lowest BCUT2D eigenvalue weighted by Gasteiger charge is -2.20. The van der Waals surface area contributed by atoms with Crippen molar-refractivity contribution in [2.45, 2.75) is 18.9 Å². The standard InChI is InChI=1S/C25H28N4O4/c1-28-20-11-7-8-12-21(20)33-16-19(24(28)30)26-14-13-18-23(25(31)32-3)29(2)22(27-18)15-17-9-5-4-6-10-17/h4-12,19,26H,13-16H2,1-3H3. The van der Waals surface area contributed by atoms with E-state index in [1.165, 1.54) is 7.11 Å². The molecule has 2 heterocycles. The van der Waals surface area contributed by atoms with E-state index in [9.17, 15) is 9.59 Å². The smallest absolute Gasteiger partial charge is 0.356 e. The number of benzene rings is 2. The van der Waals surface area contributed by atoms with Crippen molar-refractivity contribution in [1.29, 1.82) is 0 Å². The van der Waals surface area contributed by atoms with Crippen LogP contribution in [0.4, 0.5) is 5.69 Å². The van der Waals surface area contributed by atoms with Crippen LogP contribution in [0.5, 0.6) is 5.75 Å². The highest BCUT2D eigenvalue weighted by molar-refractivity contribution is 5.98. The molecular formula is C25H28N4O4. The van der Waals surface area contributed by atoms with Gasteiger partial charge in [-0.15, -0.1) is 0 Å². The number of fused-ring (bicyclic) bond motifs is 1. The van der Waals surface area contributed by atoms with E-state index in [4.69, 9.17) is 14.5 Å². The Morgan fingerprint density at radius 3 is 2.64 bits per heavy atom. The molecule has 8 heteroatoms. The summed E-state index contributed by atoms with van der Waals surface area (Å²) < 4.78 is 12.6. The average molecular weight is 449 g/mol. The number of carbonyl (C=O) groups is 2. The fourth-order valence-corrected chi connectivity index (χ4v) is 4.03. The fraction of sp³-hybridized carbons (Fsp3) is 0.320. The van der Waals surface area contributed by atoms with Gasteiger partial charge in [0, 0.05) is 33.5 Å². The Morgan fingerprint density at radius 1 is 1.15 bits per heavy atom. The van der Waals surface area contributed by atoms with Crippen LogP contribution in [0.3, 0.4) is 0 Å². The molecule has 8 nitrogen and oxygen atoms in total. The predicted octanol–water partition coefficient (Wildman–Crippen LogP) is 2.35. The van der Waals surface area contributed by atoms with Gasteiger partial charge in [-0.1, -0.05) is 42.5 Å². The summed E-state index contributed by atoms with van der Waals surface area (Å²) in [5.41, 5.74) is 2.92. The second kappa shape index (κ2) is 9.87. The molecule has 0 radical (unpaired) electrons. The van der Waals surface area contributed by atoms with Gasteiger partial charge in [0.15, 0.2) is 5.69 Å². The predicted molar refractivity (Wildman–Crippen MR) is 125 cm³/mol. The zero-order valence-corrected chi connectivity index (χ0v) is 19.1. The van der Waals surface area contributed by atoms with Gasteiger partial charge < -0.3 is 24.3 Å². The number of amides is 1. The molecule has 0 spiro atoms. The number of hydrogen-bond donors (Lipinski definition) is 1. The zero-order chi connectivity index (χ0) is 23.4. The number of carbonyl (C=O) groups excluding carboxylic acids is 2. The SMILES string of the molecule is COC(=O)c1c(CCNC2COc3ccccc3N(C)C2=O)nc(Cc2ccccc2)n1C. The third-order valence-electron chi connectivity index (χ3n) is 5.86. The number of ether oxygens (including phenoxy) is 2. The zero-order valence-electron chi connectivity index (χ0n) is 19.1. The summed E-state index contributed by atoms with van der Waals surface area (Å²) in [5, 5.41) is 3.27. The molecule has 0 saturated carbocycles. The minimum atomic E-state index is -0.503. The highest BCUT2D eigenvalue weighted by Crippen LogP contribution is 2.29. The monoisotopic (exact) mass is 448 g/mol. The Morgan fingerprint density at radius 2 is 1.88 bits per heavy atom. The molecule has 172 valence electrons. The Labute approximate surface area is 193 Å². The van der Waals surface area contributed by atoms with Gasteiger partial charge in [0.25, 0.3) is 0 Å². The van der Waals surface area contributed by atoms with Gasteiger partial charge in [-0.3, -0.25) is 4.79 Å². The Hall–Kier alpha value is -3.65. The number of nitrogens with zero attached hydrogens (tertiary/aromatic N) is 3. The first-order chi connectivity index (χ1) is 16.0. The summed E-state index contributed by atoms with van der Waals surface area (Å²) in [7, 11) is 4.93. The molecule has 4 rings (SSSR count). The minimum Gasteiger partial charge on any atom is -0.489 e. The summed E-state index contributed by atoms with van der Waals surface area (Å²) in [6.45, 7) is 0.682. The summed E-state index contributed by atoms with van der Waals surface area (Å²) in [6.07, 6.45) is 1.07. The van der Waals surface area contributed by atoms with E-state index in [0.29, 0.717) is 36.5 Å². The molecule has 0 saturated heterocycles. The number of anilines is 1. The Kier molecular flexibility index (Phi) is 6.74. The highest BCUT2D eigenvalue weighted by atomic mass is 16.5. The molecule has 1 aliphatic heterocycles. The van der Waals surface area contributed by atoms with Gasteiger partial charge in [0.2, 0.25) is 5.91 Å². The van der Waals surface area contributed by atoms with Crippen molar-refractivity contribution in [3.8, 4) is 5.75 Å². The first-order valence-corrected chi connectivity index (χ1v) is 10.9. The number of rotatable bonds is 7. The van der Waals surface area contributed by atoms with Gasteiger partial charge in [-0.05, 0) is 17.7 Å². The molecule has 1 N–H and O–H groups in total.